The Bertz CT molecular complexity index is 888. The molecule has 3 N–H and O–H groups in total. The normalized spacial score (nSPS) is 13.4. The minimum absolute atomic E-state index is 0. The first-order valence-electron chi connectivity index (χ1n) is 8.43. The number of likely N-dealkylation sites (N-methyl/N-ethyl adjacent to an activating group) is 1. The molecule has 2 heterocycles. The number of carbonyl (C=O) groups is 2. The lowest BCUT2D eigenvalue weighted by Crippen LogP contribution is -2.30. The van der Waals surface area contributed by atoms with E-state index >= 15 is 0 Å². The van der Waals surface area contributed by atoms with Gasteiger partial charge in [-0.15, -0.1) is 23.7 Å². The fourth-order valence-corrected chi connectivity index (χ4v) is 4.75. The summed E-state index contributed by atoms with van der Waals surface area (Å²) in [5.41, 5.74) is 6.91. The fourth-order valence-electron chi connectivity index (χ4n) is 2.97. The number of nitrogens with two attached hydrogens (primary N) is 1. The molecule has 1 aliphatic rings. The zero-order valence-corrected chi connectivity index (χ0v) is 18.2. The molecule has 0 bridgehead atoms. The van der Waals surface area contributed by atoms with Crippen molar-refractivity contribution in [2.45, 2.75) is 19.9 Å². The molecule has 0 unspecified atom stereocenters. The second kappa shape index (κ2) is 9.80. The minimum Gasteiger partial charge on any atom is -0.482 e. The van der Waals surface area contributed by atoms with E-state index in [4.69, 9.17) is 33.7 Å². The summed E-state index contributed by atoms with van der Waals surface area (Å²) in [5, 5.41) is 4.02. The van der Waals surface area contributed by atoms with Crippen molar-refractivity contribution in [1.82, 2.24) is 4.90 Å². The number of carbonyl (C=O) groups excluding carboxylic acids is 2. The van der Waals surface area contributed by atoms with Gasteiger partial charge in [0, 0.05) is 23.0 Å². The summed E-state index contributed by atoms with van der Waals surface area (Å²) in [6.45, 7) is 4.40. The molecular weight excluding hydrogens is 445 g/mol. The maximum absolute atomic E-state index is 12.3. The van der Waals surface area contributed by atoms with E-state index in [9.17, 15) is 9.59 Å². The number of halogens is 3. The lowest BCUT2D eigenvalue weighted by atomic mass is 10.0. The first-order chi connectivity index (χ1) is 12.9. The number of anilines is 1. The van der Waals surface area contributed by atoms with Crippen molar-refractivity contribution in [3.05, 3.63) is 44.2 Å². The zero-order valence-electron chi connectivity index (χ0n) is 15.1. The first-order valence-corrected chi connectivity index (χ1v) is 10.0. The number of ether oxygens (including phenoxy) is 1. The molecule has 1 aromatic heterocycles. The van der Waals surface area contributed by atoms with Crippen molar-refractivity contribution in [3.63, 3.8) is 0 Å². The third kappa shape index (κ3) is 5.10. The Morgan fingerprint density at radius 1 is 1.36 bits per heavy atom. The molecule has 152 valence electrons. The SMILES string of the molecule is CCN1CCc2c(sc(NC(=O)COc3ccc(Cl)cc3Cl)c2C(N)=O)C1.Cl. The summed E-state index contributed by atoms with van der Waals surface area (Å²) in [5.74, 6) is -0.570. The van der Waals surface area contributed by atoms with E-state index in [0.717, 1.165) is 36.5 Å². The number of benzene rings is 1. The molecule has 1 aliphatic heterocycles. The summed E-state index contributed by atoms with van der Waals surface area (Å²) in [4.78, 5) is 27.6. The van der Waals surface area contributed by atoms with Gasteiger partial charge in [0.2, 0.25) is 0 Å². The number of thiophene rings is 1. The van der Waals surface area contributed by atoms with E-state index in [1.807, 2.05) is 0 Å². The zero-order chi connectivity index (χ0) is 19.6. The lowest BCUT2D eigenvalue weighted by molar-refractivity contribution is -0.118. The van der Waals surface area contributed by atoms with E-state index in [1.54, 1.807) is 12.1 Å². The highest BCUT2D eigenvalue weighted by atomic mass is 35.5. The topological polar surface area (TPSA) is 84.7 Å². The van der Waals surface area contributed by atoms with Crippen LogP contribution in [0.2, 0.25) is 10.0 Å². The molecule has 10 heteroatoms. The monoisotopic (exact) mass is 463 g/mol. The third-order valence-electron chi connectivity index (χ3n) is 4.34. The number of primary amides is 1. The average Bonchev–Trinajstić information content (AvgIpc) is 2.97. The summed E-state index contributed by atoms with van der Waals surface area (Å²) in [6, 6.07) is 4.75. The van der Waals surface area contributed by atoms with Gasteiger partial charge < -0.3 is 15.8 Å². The van der Waals surface area contributed by atoms with E-state index < -0.39 is 11.8 Å². The number of nitrogens with one attached hydrogen (secondary N) is 1. The number of fused-ring (bicyclic) bond motifs is 1. The Morgan fingerprint density at radius 2 is 2.11 bits per heavy atom. The van der Waals surface area contributed by atoms with Gasteiger partial charge in [-0.2, -0.15) is 0 Å². The lowest BCUT2D eigenvalue weighted by Gasteiger charge is -2.25. The molecule has 0 spiro atoms. The number of hydrogen-bond acceptors (Lipinski definition) is 5. The van der Waals surface area contributed by atoms with Crippen molar-refractivity contribution in [1.29, 1.82) is 0 Å². The maximum atomic E-state index is 12.3. The van der Waals surface area contributed by atoms with Crippen LogP contribution < -0.4 is 15.8 Å². The largest absolute Gasteiger partial charge is 0.482 e. The van der Waals surface area contributed by atoms with Crippen LogP contribution in [-0.2, 0) is 17.8 Å². The van der Waals surface area contributed by atoms with Crippen molar-refractivity contribution >= 4 is 63.8 Å². The summed E-state index contributed by atoms with van der Waals surface area (Å²) in [7, 11) is 0. The number of rotatable bonds is 6. The Morgan fingerprint density at radius 3 is 2.75 bits per heavy atom. The maximum Gasteiger partial charge on any atom is 0.262 e. The van der Waals surface area contributed by atoms with Gasteiger partial charge in [0.05, 0.1) is 10.6 Å². The van der Waals surface area contributed by atoms with Crippen molar-refractivity contribution in [2.24, 2.45) is 5.73 Å². The van der Waals surface area contributed by atoms with Crippen LogP contribution in [0, 0.1) is 0 Å². The average molecular weight is 465 g/mol. The Hall–Kier alpha value is -1.51. The van der Waals surface area contributed by atoms with Crippen LogP contribution in [-0.4, -0.2) is 36.4 Å². The van der Waals surface area contributed by atoms with E-state index in [0.29, 0.717) is 26.4 Å². The van der Waals surface area contributed by atoms with Crippen molar-refractivity contribution in [3.8, 4) is 5.75 Å². The fraction of sp³-hybridized carbons (Fsp3) is 0.333. The van der Waals surface area contributed by atoms with Crippen molar-refractivity contribution in [2.75, 3.05) is 25.0 Å². The van der Waals surface area contributed by atoms with Crippen LogP contribution in [0.3, 0.4) is 0 Å². The molecule has 3 rings (SSSR count). The van der Waals surface area contributed by atoms with Gasteiger partial charge in [0.25, 0.3) is 11.8 Å². The molecule has 2 amide bonds. The van der Waals surface area contributed by atoms with Crippen LogP contribution in [0.4, 0.5) is 5.00 Å². The molecule has 0 atom stereocenters. The summed E-state index contributed by atoms with van der Waals surface area (Å²) < 4.78 is 5.44. The smallest absolute Gasteiger partial charge is 0.262 e. The molecule has 6 nitrogen and oxygen atoms in total. The predicted molar refractivity (Wildman–Crippen MR) is 115 cm³/mol. The van der Waals surface area contributed by atoms with Gasteiger partial charge in [-0.1, -0.05) is 30.1 Å². The van der Waals surface area contributed by atoms with Gasteiger partial charge in [0.15, 0.2) is 6.61 Å². The second-order valence-electron chi connectivity index (χ2n) is 6.10. The van der Waals surface area contributed by atoms with Gasteiger partial charge in [0.1, 0.15) is 10.8 Å². The van der Waals surface area contributed by atoms with Crippen LogP contribution in [0.5, 0.6) is 5.75 Å². The highest BCUT2D eigenvalue weighted by Crippen LogP contribution is 2.37. The van der Waals surface area contributed by atoms with Crippen LogP contribution in [0.25, 0.3) is 0 Å². The van der Waals surface area contributed by atoms with Gasteiger partial charge in [-0.05, 0) is 36.7 Å². The summed E-state index contributed by atoms with van der Waals surface area (Å²) in [6.07, 6.45) is 0.741. The van der Waals surface area contributed by atoms with Crippen LogP contribution in [0.1, 0.15) is 27.7 Å². The quantitative estimate of drug-likeness (QED) is 0.677. The summed E-state index contributed by atoms with van der Waals surface area (Å²) >= 11 is 13.3. The molecular formula is C18H20Cl3N3O3S. The van der Waals surface area contributed by atoms with E-state index in [1.165, 1.54) is 17.4 Å². The second-order valence-corrected chi connectivity index (χ2v) is 8.05. The first kappa shape index (κ1) is 22.8. The molecule has 0 radical (unpaired) electrons. The van der Waals surface area contributed by atoms with Gasteiger partial charge >= 0.3 is 0 Å². The van der Waals surface area contributed by atoms with Crippen molar-refractivity contribution < 1.29 is 14.3 Å². The Labute approximate surface area is 183 Å². The third-order valence-corrected chi connectivity index (χ3v) is 6.00. The molecule has 1 aromatic carbocycles. The predicted octanol–water partition coefficient (Wildman–Crippen LogP) is 3.97. The molecule has 0 fully saturated rings. The Balaban J connectivity index is 0.00000280. The van der Waals surface area contributed by atoms with E-state index in [-0.39, 0.29) is 19.0 Å². The number of nitrogens with zero attached hydrogens (tertiary/aromatic N) is 1. The number of hydrogen-bond donors (Lipinski definition) is 2. The molecule has 0 saturated heterocycles. The van der Waals surface area contributed by atoms with Gasteiger partial charge in [-0.25, -0.2) is 0 Å². The highest BCUT2D eigenvalue weighted by Gasteiger charge is 2.27. The molecule has 0 saturated carbocycles. The standard InChI is InChI=1S/C18H19Cl2N3O3S.ClH/c1-2-23-6-5-11-14(8-23)27-18(16(11)17(21)25)22-15(24)9-26-13-4-3-10(19)7-12(13)20;/h3-4,7H,2,5-6,8-9H2,1H3,(H2,21,25)(H,22,24);1H. The molecule has 28 heavy (non-hydrogen) atoms. The van der Waals surface area contributed by atoms with Gasteiger partial charge in [-0.3, -0.25) is 14.5 Å². The Kier molecular flexibility index (Phi) is 7.97. The highest BCUT2D eigenvalue weighted by molar-refractivity contribution is 7.17. The minimum atomic E-state index is -0.533. The van der Waals surface area contributed by atoms with E-state index in [2.05, 4.69) is 17.1 Å². The molecule has 0 aliphatic carbocycles. The van der Waals surface area contributed by atoms with Crippen LogP contribution >= 0.6 is 46.9 Å². The molecule has 2 aromatic rings. The number of amides is 2. The van der Waals surface area contributed by atoms with Crippen LogP contribution in [0.15, 0.2) is 18.2 Å².